The largest absolute Gasteiger partial charge is 0.323 e. The molecule has 0 aliphatic carbocycles. The van der Waals surface area contributed by atoms with Gasteiger partial charge in [-0.05, 0) is 48.2 Å². The van der Waals surface area contributed by atoms with Crippen molar-refractivity contribution >= 4 is 22.6 Å². The average Bonchev–Trinajstić information content (AvgIpc) is 3.35. The zero-order valence-corrected chi connectivity index (χ0v) is 19.0. The first-order valence-electron chi connectivity index (χ1n) is 11.4. The summed E-state index contributed by atoms with van der Waals surface area (Å²) in [4.78, 5) is 19.8. The molecule has 1 fully saturated rings. The van der Waals surface area contributed by atoms with Crippen LogP contribution in [0, 0.1) is 6.92 Å². The Morgan fingerprint density at radius 3 is 2.41 bits per heavy atom. The summed E-state index contributed by atoms with van der Waals surface area (Å²) >= 11 is 0. The van der Waals surface area contributed by atoms with Gasteiger partial charge < -0.3 is 9.47 Å². The molecule has 1 amide bonds. The van der Waals surface area contributed by atoms with E-state index in [2.05, 4.69) is 79.9 Å². The Hall–Kier alpha value is -3.40. The van der Waals surface area contributed by atoms with E-state index in [1.807, 2.05) is 23.1 Å². The van der Waals surface area contributed by atoms with Crippen LogP contribution in [-0.2, 0) is 11.3 Å². The molecule has 1 saturated heterocycles. The molecule has 0 saturated carbocycles. The highest BCUT2D eigenvalue weighted by Crippen LogP contribution is 2.33. The van der Waals surface area contributed by atoms with Gasteiger partial charge >= 0.3 is 0 Å². The fraction of sp³-hybridized carbons (Fsp3) is 0.286. The maximum atomic E-state index is 12.9. The Labute approximate surface area is 189 Å². The average molecular weight is 424 g/mol. The van der Waals surface area contributed by atoms with Crippen LogP contribution in [0.1, 0.15) is 54.6 Å². The summed E-state index contributed by atoms with van der Waals surface area (Å²) in [6.45, 7) is 7.91. The van der Waals surface area contributed by atoms with Crippen molar-refractivity contribution in [1.82, 2.24) is 9.55 Å². The number of carbonyl (C=O) groups is 1. The molecule has 1 aliphatic rings. The molecule has 1 atom stereocenters. The molecule has 1 aromatic heterocycles. The first-order chi connectivity index (χ1) is 15.5. The van der Waals surface area contributed by atoms with Crippen LogP contribution in [0.15, 0.2) is 72.8 Å². The molecular weight excluding hydrogens is 394 g/mol. The molecule has 0 radical (unpaired) electrons. The van der Waals surface area contributed by atoms with Crippen LogP contribution >= 0.6 is 0 Å². The van der Waals surface area contributed by atoms with Gasteiger partial charge in [-0.2, -0.15) is 0 Å². The minimum atomic E-state index is 0.0751. The first-order valence-corrected chi connectivity index (χ1v) is 11.4. The molecule has 3 aromatic carbocycles. The molecule has 0 N–H and O–H groups in total. The maximum absolute atomic E-state index is 12.9. The van der Waals surface area contributed by atoms with Crippen molar-refractivity contribution < 1.29 is 4.79 Å². The number of hydrogen-bond donors (Lipinski definition) is 0. The smallest absolute Gasteiger partial charge is 0.227 e. The summed E-state index contributed by atoms with van der Waals surface area (Å²) in [5.74, 6) is 1.76. The summed E-state index contributed by atoms with van der Waals surface area (Å²) in [5.41, 5.74) is 6.87. The van der Waals surface area contributed by atoms with E-state index < -0.39 is 0 Å². The zero-order valence-electron chi connectivity index (χ0n) is 19.0. The number of aromatic nitrogens is 2. The van der Waals surface area contributed by atoms with Crippen molar-refractivity contribution in [2.75, 3.05) is 11.4 Å². The van der Waals surface area contributed by atoms with E-state index in [1.165, 1.54) is 16.7 Å². The third kappa shape index (κ3) is 3.81. The van der Waals surface area contributed by atoms with Crippen molar-refractivity contribution in [2.24, 2.45) is 0 Å². The van der Waals surface area contributed by atoms with E-state index in [1.54, 1.807) is 0 Å². The summed E-state index contributed by atoms with van der Waals surface area (Å²) in [6, 6.07) is 25.3. The van der Waals surface area contributed by atoms with Gasteiger partial charge in [-0.1, -0.05) is 67.9 Å². The molecule has 1 aliphatic heterocycles. The Morgan fingerprint density at radius 2 is 1.69 bits per heavy atom. The van der Waals surface area contributed by atoms with Gasteiger partial charge in [0.05, 0.1) is 11.0 Å². The number of carbonyl (C=O) groups excluding carboxylic acids is 1. The molecule has 0 spiro atoms. The number of para-hydroxylation sites is 2. The number of rotatable bonds is 5. The van der Waals surface area contributed by atoms with Crippen LogP contribution in [0.2, 0.25) is 0 Å². The van der Waals surface area contributed by atoms with Gasteiger partial charge in [0.2, 0.25) is 5.91 Å². The Balaban J connectivity index is 1.49. The fourth-order valence-electron chi connectivity index (χ4n) is 4.62. The normalized spacial score (nSPS) is 16.4. The fourth-order valence-corrected chi connectivity index (χ4v) is 4.62. The summed E-state index contributed by atoms with van der Waals surface area (Å²) in [5, 5.41) is 0. The minimum Gasteiger partial charge on any atom is -0.323 e. The number of nitrogens with zero attached hydrogens (tertiary/aromatic N) is 3. The van der Waals surface area contributed by atoms with Crippen molar-refractivity contribution in [3.8, 4) is 0 Å². The van der Waals surface area contributed by atoms with Crippen molar-refractivity contribution in [3.63, 3.8) is 0 Å². The lowest BCUT2D eigenvalue weighted by molar-refractivity contribution is -0.117. The second-order valence-corrected chi connectivity index (χ2v) is 9.18. The van der Waals surface area contributed by atoms with E-state index in [4.69, 9.17) is 4.98 Å². The molecule has 5 rings (SSSR count). The monoisotopic (exact) mass is 423 g/mol. The minimum absolute atomic E-state index is 0.0751. The molecule has 4 aromatic rings. The predicted molar refractivity (Wildman–Crippen MR) is 130 cm³/mol. The van der Waals surface area contributed by atoms with Crippen molar-refractivity contribution in [1.29, 1.82) is 0 Å². The first kappa shape index (κ1) is 20.5. The van der Waals surface area contributed by atoms with E-state index in [9.17, 15) is 4.79 Å². The number of aryl methyl sites for hydroxylation is 1. The van der Waals surface area contributed by atoms with Crippen molar-refractivity contribution in [3.05, 3.63) is 95.3 Å². The van der Waals surface area contributed by atoms with Gasteiger partial charge in [-0.3, -0.25) is 4.79 Å². The van der Waals surface area contributed by atoms with Gasteiger partial charge in [0, 0.05) is 31.1 Å². The summed E-state index contributed by atoms with van der Waals surface area (Å²) in [7, 11) is 0. The highest BCUT2D eigenvalue weighted by atomic mass is 16.2. The molecule has 2 heterocycles. The molecular formula is C28H29N3O. The summed E-state index contributed by atoms with van der Waals surface area (Å²) < 4.78 is 2.30. The summed E-state index contributed by atoms with van der Waals surface area (Å²) in [6.07, 6.45) is 0.490. The van der Waals surface area contributed by atoms with Gasteiger partial charge in [0.1, 0.15) is 5.82 Å². The molecule has 4 nitrogen and oxygen atoms in total. The van der Waals surface area contributed by atoms with Crippen LogP contribution in [0.3, 0.4) is 0 Å². The van der Waals surface area contributed by atoms with Crippen LogP contribution < -0.4 is 4.90 Å². The van der Waals surface area contributed by atoms with Crippen LogP contribution in [0.25, 0.3) is 11.0 Å². The third-order valence-corrected chi connectivity index (χ3v) is 6.51. The molecule has 162 valence electrons. The molecule has 32 heavy (non-hydrogen) atoms. The lowest BCUT2D eigenvalue weighted by Gasteiger charge is -2.18. The quantitative estimate of drug-likeness (QED) is 0.393. The van der Waals surface area contributed by atoms with Crippen LogP contribution in [0.4, 0.5) is 5.69 Å². The highest BCUT2D eigenvalue weighted by molar-refractivity contribution is 5.96. The van der Waals surface area contributed by atoms with E-state index >= 15 is 0 Å². The second-order valence-electron chi connectivity index (χ2n) is 9.18. The number of imidazole rings is 1. The Kier molecular flexibility index (Phi) is 5.30. The molecule has 4 heteroatoms. The second kappa shape index (κ2) is 8.27. The molecule has 0 bridgehead atoms. The highest BCUT2D eigenvalue weighted by Gasteiger charge is 2.34. The van der Waals surface area contributed by atoms with Gasteiger partial charge in [0.25, 0.3) is 0 Å². The topological polar surface area (TPSA) is 38.1 Å². The van der Waals surface area contributed by atoms with Crippen molar-refractivity contribution in [2.45, 2.75) is 45.6 Å². The van der Waals surface area contributed by atoms with E-state index in [-0.39, 0.29) is 11.8 Å². The lowest BCUT2D eigenvalue weighted by Crippen LogP contribution is -2.24. The van der Waals surface area contributed by atoms with Gasteiger partial charge in [0.15, 0.2) is 0 Å². The number of anilines is 1. The van der Waals surface area contributed by atoms with Gasteiger partial charge in [-0.25, -0.2) is 4.98 Å². The van der Waals surface area contributed by atoms with Crippen LogP contribution in [-0.4, -0.2) is 22.0 Å². The SMILES string of the molecule is Cc1ccc(N2C[C@H](c3nc4ccccc4n3Cc3ccc(C(C)C)cc3)CC2=O)cc1. The number of amides is 1. The third-order valence-electron chi connectivity index (χ3n) is 6.51. The Bertz CT molecular complexity index is 1250. The lowest BCUT2D eigenvalue weighted by atomic mass is 10.0. The number of fused-ring (bicyclic) bond motifs is 1. The predicted octanol–water partition coefficient (Wildman–Crippen LogP) is 6.04. The standard InChI is InChI=1S/C28H29N3O/c1-19(2)22-12-10-21(11-13-22)17-31-26-7-5-4-6-25(26)29-28(31)23-16-27(32)30(18-23)24-14-8-20(3)9-15-24/h4-15,19,23H,16-18H2,1-3H3/t23-/m1/s1. The number of hydrogen-bond acceptors (Lipinski definition) is 2. The number of benzene rings is 3. The zero-order chi connectivity index (χ0) is 22.2. The molecule has 0 unspecified atom stereocenters. The Morgan fingerprint density at radius 1 is 0.969 bits per heavy atom. The van der Waals surface area contributed by atoms with Gasteiger partial charge in [-0.15, -0.1) is 0 Å². The van der Waals surface area contributed by atoms with Crippen LogP contribution in [0.5, 0.6) is 0 Å². The maximum Gasteiger partial charge on any atom is 0.227 e. The van der Waals surface area contributed by atoms with E-state index in [0.29, 0.717) is 18.9 Å². The van der Waals surface area contributed by atoms with E-state index in [0.717, 1.165) is 29.1 Å².